The molecule has 0 radical (unpaired) electrons. The van der Waals surface area contributed by atoms with Crippen LogP contribution in [0.15, 0.2) is 59.8 Å². The molecule has 2 aromatic rings. The highest BCUT2D eigenvalue weighted by molar-refractivity contribution is 6.38. The van der Waals surface area contributed by atoms with E-state index in [-0.39, 0.29) is 30.5 Å². The second-order valence-electron chi connectivity index (χ2n) is 6.80. The fourth-order valence-electron chi connectivity index (χ4n) is 2.92. The molecular weight excluding hydrogens is 408 g/mol. The standard InChI is InChI=1S/C21H21ClN4O4/c22-15-8-6-14(7-9-15)20(28)25-18(10-13-4-2-1-3-5-13)21(29)24-12-16-11-17(19(23)27)26-30-16/h1-9,16,18H,10-12H2,(H2,23,27)(H,24,29)(H,25,28)/t16-,18+/m0/s1. The predicted molar refractivity (Wildman–Crippen MR) is 112 cm³/mol. The largest absolute Gasteiger partial charge is 0.390 e. The average Bonchev–Trinajstić information content (AvgIpc) is 3.22. The van der Waals surface area contributed by atoms with Crippen molar-refractivity contribution in [2.45, 2.75) is 25.0 Å². The molecule has 1 heterocycles. The number of nitrogens with zero attached hydrogens (tertiary/aromatic N) is 1. The quantitative estimate of drug-likeness (QED) is 0.588. The third-order valence-corrected chi connectivity index (χ3v) is 4.78. The molecular formula is C21H21ClN4O4. The molecule has 0 spiro atoms. The maximum Gasteiger partial charge on any atom is 0.266 e. The van der Waals surface area contributed by atoms with Crippen LogP contribution in [0.4, 0.5) is 0 Å². The summed E-state index contributed by atoms with van der Waals surface area (Å²) in [5.74, 6) is -1.42. The van der Waals surface area contributed by atoms with Crippen LogP contribution in [-0.2, 0) is 20.8 Å². The Kier molecular flexibility index (Phi) is 7.03. The number of carbonyl (C=O) groups is 3. The molecule has 8 nitrogen and oxygen atoms in total. The number of oxime groups is 1. The van der Waals surface area contributed by atoms with Crippen LogP contribution in [-0.4, -0.2) is 42.1 Å². The summed E-state index contributed by atoms with van der Waals surface area (Å²) in [7, 11) is 0. The summed E-state index contributed by atoms with van der Waals surface area (Å²) in [6.07, 6.45) is 0.0391. The highest BCUT2D eigenvalue weighted by atomic mass is 35.5. The van der Waals surface area contributed by atoms with E-state index >= 15 is 0 Å². The molecule has 0 aromatic heterocycles. The first-order valence-corrected chi connectivity index (χ1v) is 9.70. The molecule has 0 saturated carbocycles. The van der Waals surface area contributed by atoms with E-state index in [1.54, 1.807) is 24.3 Å². The van der Waals surface area contributed by atoms with Gasteiger partial charge in [0.15, 0.2) is 6.10 Å². The number of rotatable bonds is 8. The molecule has 156 valence electrons. The minimum absolute atomic E-state index is 0.126. The molecule has 0 unspecified atom stereocenters. The second-order valence-corrected chi connectivity index (χ2v) is 7.24. The molecule has 2 aromatic carbocycles. The van der Waals surface area contributed by atoms with Crippen molar-refractivity contribution < 1.29 is 19.2 Å². The van der Waals surface area contributed by atoms with E-state index in [1.165, 1.54) is 0 Å². The Bertz CT molecular complexity index is 947. The Morgan fingerprint density at radius 3 is 2.47 bits per heavy atom. The molecule has 0 saturated heterocycles. The maximum atomic E-state index is 12.8. The van der Waals surface area contributed by atoms with Crippen LogP contribution < -0.4 is 16.4 Å². The van der Waals surface area contributed by atoms with Crippen LogP contribution >= 0.6 is 11.6 Å². The highest BCUT2D eigenvalue weighted by Gasteiger charge is 2.27. The van der Waals surface area contributed by atoms with Crippen molar-refractivity contribution in [2.75, 3.05) is 6.54 Å². The van der Waals surface area contributed by atoms with Crippen molar-refractivity contribution in [2.24, 2.45) is 10.9 Å². The van der Waals surface area contributed by atoms with Gasteiger partial charge in [0.05, 0.1) is 6.54 Å². The lowest BCUT2D eigenvalue weighted by molar-refractivity contribution is -0.123. The molecule has 0 fully saturated rings. The number of benzene rings is 2. The van der Waals surface area contributed by atoms with Crippen molar-refractivity contribution in [3.63, 3.8) is 0 Å². The predicted octanol–water partition coefficient (Wildman–Crippen LogP) is 1.43. The van der Waals surface area contributed by atoms with Crippen LogP contribution in [0.3, 0.4) is 0 Å². The van der Waals surface area contributed by atoms with E-state index in [4.69, 9.17) is 22.2 Å². The Morgan fingerprint density at radius 1 is 1.13 bits per heavy atom. The summed E-state index contributed by atoms with van der Waals surface area (Å²) in [6.45, 7) is 0.126. The zero-order valence-electron chi connectivity index (χ0n) is 16.0. The average molecular weight is 429 g/mol. The number of hydrogen-bond acceptors (Lipinski definition) is 5. The van der Waals surface area contributed by atoms with Crippen LogP contribution in [0, 0.1) is 0 Å². The van der Waals surface area contributed by atoms with Gasteiger partial charge in [-0.25, -0.2) is 0 Å². The van der Waals surface area contributed by atoms with Gasteiger partial charge in [-0.3, -0.25) is 14.4 Å². The lowest BCUT2D eigenvalue weighted by atomic mass is 10.0. The van der Waals surface area contributed by atoms with Crippen LogP contribution in [0.1, 0.15) is 22.3 Å². The monoisotopic (exact) mass is 428 g/mol. The summed E-state index contributed by atoms with van der Waals surface area (Å²) in [6, 6.07) is 14.9. The molecule has 1 aliphatic heterocycles. The van der Waals surface area contributed by atoms with Gasteiger partial charge in [-0.05, 0) is 29.8 Å². The van der Waals surface area contributed by atoms with E-state index in [1.807, 2.05) is 30.3 Å². The van der Waals surface area contributed by atoms with Gasteiger partial charge in [-0.2, -0.15) is 0 Å². The van der Waals surface area contributed by atoms with Gasteiger partial charge in [-0.1, -0.05) is 47.1 Å². The minimum Gasteiger partial charge on any atom is -0.390 e. The SMILES string of the molecule is NC(=O)C1=NO[C@H](CNC(=O)[C@@H](Cc2ccccc2)NC(=O)c2ccc(Cl)cc2)C1. The van der Waals surface area contributed by atoms with Gasteiger partial charge in [-0.15, -0.1) is 0 Å². The first-order chi connectivity index (χ1) is 14.4. The molecule has 3 rings (SSSR count). The van der Waals surface area contributed by atoms with E-state index in [0.717, 1.165) is 5.56 Å². The van der Waals surface area contributed by atoms with Crippen molar-refractivity contribution >= 4 is 35.0 Å². The normalized spacial score (nSPS) is 16.2. The van der Waals surface area contributed by atoms with Crippen molar-refractivity contribution in [3.05, 3.63) is 70.7 Å². The molecule has 2 atom stereocenters. The molecule has 4 N–H and O–H groups in total. The number of carbonyl (C=O) groups excluding carboxylic acids is 3. The number of nitrogens with two attached hydrogens (primary N) is 1. The Labute approximate surface area is 178 Å². The first-order valence-electron chi connectivity index (χ1n) is 9.33. The van der Waals surface area contributed by atoms with E-state index in [9.17, 15) is 14.4 Å². The Balaban J connectivity index is 1.64. The molecule has 9 heteroatoms. The third-order valence-electron chi connectivity index (χ3n) is 4.53. The number of nitrogens with one attached hydrogen (secondary N) is 2. The first kappa shape index (κ1) is 21.3. The number of halogens is 1. The minimum atomic E-state index is -0.812. The molecule has 0 bridgehead atoms. The summed E-state index contributed by atoms with van der Waals surface area (Å²) >= 11 is 5.87. The van der Waals surface area contributed by atoms with Gasteiger partial charge in [0.25, 0.3) is 11.8 Å². The van der Waals surface area contributed by atoms with Gasteiger partial charge in [0, 0.05) is 23.4 Å². The zero-order chi connectivity index (χ0) is 21.5. The molecule has 3 amide bonds. The number of hydrogen-bond donors (Lipinski definition) is 3. The third kappa shape index (κ3) is 5.81. The topological polar surface area (TPSA) is 123 Å². The summed E-state index contributed by atoms with van der Waals surface area (Å²) in [5.41, 5.74) is 6.59. The van der Waals surface area contributed by atoms with Gasteiger partial charge >= 0.3 is 0 Å². The Morgan fingerprint density at radius 2 is 1.83 bits per heavy atom. The molecule has 0 aliphatic carbocycles. The lowest BCUT2D eigenvalue weighted by Crippen LogP contribution is -2.49. The van der Waals surface area contributed by atoms with Crippen LogP contribution in [0.2, 0.25) is 5.02 Å². The summed E-state index contributed by atoms with van der Waals surface area (Å²) in [5, 5.41) is 9.64. The number of amides is 3. The Hall–Kier alpha value is -3.39. The molecule has 30 heavy (non-hydrogen) atoms. The zero-order valence-corrected chi connectivity index (χ0v) is 16.8. The van der Waals surface area contributed by atoms with Crippen molar-refractivity contribution in [3.8, 4) is 0 Å². The van der Waals surface area contributed by atoms with Crippen LogP contribution in [0.5, 0.6) is 0 Å². The maximum absolute atomic E-state index is 12.8. The van der Waals surface area contributed by atoms with Gasteiger partial charge in [0.2, 0.25) is 5.91 Å². The number of primary amides is 1. The van der Waals surface area contributed by atoms with Crippen LogP contribution in [0.25, 0.3) is 0 Å². The van der Waals surface area contributed by atoms with E-state index in [2.05, 4.69) is 15.8 Å². The second kappa shape index (κ2) is 9.89. The van der Waals surface area contributed by atoms with Gasteiger partial charge < -0.3 is 21.2 Å². The van der Waals surface area contributed by atoms with Gasteiger partial charge in [0.1, 0.15) is 11.8 Å². The van der Waals surface area contributed by atoms with Crippen molar-refractivity contribution in [1.29, 1.82) is 0 Å². The fourth-order valence-corrected chi connectivity index (χ4v) is 3.05. The lowest BCUT2D eigenvalue weighted by Gasteiger charge is -2.20. The fraction of sp³-hybridized carbons (Fsp3) is 0.238. The summed E-state index contributed by atoms with van der Waals surface area (Å²) < 4.78 is 0. The summed E-state index contributed by atoms with van der Waals surface area (Å²) in [4.78, 5) is 41.7. The van der Waals surface area contributed by atoms with E-state index in [0.29, 0.717) is 17.0 Å². The van der Waals surface area contributed by atoms with Crippen molar-refractivity contribution in [1.82, 2.24) is 10.6 Å². The molecule has 1 aliphatic rings. The highest BCUT2D eigenvalue weighted by Crippen LogP contribution is 2.12. The smallest absolute Gasteiger partial charge is 0.266 e. The van der Waals surface area contributed by atoms with E-state index < -0.39 is 18.1 Å².